The van der Waals surface area contributed by atoms with Crippen molar-refractivity contribution >= 4 is 22.4 Å². The molecule has 1 saturated carbocycles. The second-order valence-corrected chi connectivity index (χ2v) is 6.67. The van der Waals surface area contributed by atoms with Gasteiger partial charge in [0.15, 0.2) is 0 Å². The number of halogens is 1. The molecule has 0 aromatic carbocycles. The van der Waals surface area contributed by atoms with Crippen LogP contribution in [0, 0.1) is 5.92 Å². The minimum atomic E-state index is -2.98. The van der Waals surface area contributed by atoms with Crippen molar-refractivity contribution in [1.29, 1.82) is 0 Å². The topological polar surface area (TPSA) is 63.4 Å². The van der Waals surface area contributed by atoms with Crippen LogP contribution < -0.4 is 5.73 Å². The largest absolute Gasteiger partial charge is 0.330 e. The van der Waals surface area contributed by atoms with E-state index in [2.05, 4.69) is 0 Å². The molecular formula is C9H19ClN2O2S. The summed E-state index contributed by atoms with van der Waals surface area (Å²) >= 11 is 0. The fourth-order valence-electron chi connectivity index (χ4n) is 2.19. The maximum Gasteiger partial charge on any atom is 0.217 e. The van der Waals surface area contributed by atoms with Gasteiger partial charge < -0.3 is 5.73 Å². The fraction of sp³-hybridized carbons (Fsp3) is 1.00. The lowest BCUT2D eigenvalue weighted by molar-refractivity contribution is 0.404. The lowest BCUT2D eigenvalue weighted by atomic mass is 10.1. The van der Waals surface area contributed by atoms with Crippen molar-refractivity contribution in [3.8, 4) is 0 Å². The summed E-state index contributed by atoms with van der Waals surface area (Å²) in [6.45, 7) is 3.22. The summed E-state index contributed by atoms with van der Waals surface area (Å²) in [7, 11) is -2.98. The standard InChI is InChI=1S/C9H18N2O2S.ClH/c1-7-4-8(5-10)6-11(7)14(12,13)9-2-3-9;/h7-9H,2-6,10H2,1H3;1H. The predicted octanol–water partition coefficient (Wildman–Crippen LogP) is 0.570. The fourth-order valence-corrected chi connectivity index (χ4v) is 4.31. The second-order valence-electron chi connectivity index (χ2n) is 4.50. The quantitative estimate of drug-likeness (QED) is 0.801. The Balaban J connectivity index is 0.00000112. The lowest BCUT2D eigenvalue weighted by Crippen LogP contribution is -2.36. The highest BCUT2D eigenvalue weighted by atomic mass is 35.5. The van der Waals surface area contributed by atoms with Crippen molar-refractivity contribution in [2.45, 2.75) is 37.5 Å². The Morgan fingerprint density at radius 1 is 1.40 bits per heavy atom. The monoisotopic (exact) mass is 254 g/mol. The summed E-state index contributed by atoms with van der Waals surface area (Å²) < 4.78 is 25.6. The molecular weight excluding hydrogens is 236 g/mol. The van der Waals surface area contributed by atoms with Crippen LogP contribution in [0.25, 0.3) is 0 Å². The molecule has 0 amide bonds. The van der Waals surface area contributed by atoms with E-state index in [1.807, 2.05) is 6.92 Å². The Morgan fingerprint density at radius 3 is 2.40 bits per heavy atom. The molecule has 0 bridgehead atoms. The number of hydrogen-bond acceptors (Lipinski definition) is 3. The zero-order valence-corrected chi connectivity index (χ0v) is 10.6. The molecule has 90 valence electrons. The first-order valence-corrected chi connectivity index (χ1v) is 6.76. The molecule has 2 atom stereocenters. The Kier molecular flexibility index (Phi) is 4.03. The Labute approximate surface area is 97.7 Å². The molecule has 1 aliphatic carbocycles. The van der Waals surface area contributed by atoms with Gasteiger partial charge in [-0.3, -0.25) is 0 Å². The minimum absolute atomic E-state index is 0. The van der Waals surface area contributed by atoms with E-state index in [9.17, 15) is 8.42 Å². The Bertz CT molecular complexity index is 316. The van der Waals surface area contributed by atoms with Crippen molar-refractivity contribution in [2.75, 3.05) is 13.1 Å². The highest BCUT2D eigenvalue weighted by Gasteiger charge is 2.45. The first kappa shape index (κ1) is 13.2. The van der Waals surface area contributed by atoms with Crippen LogP contribution in [0.3, 0.4) is 0 Å². The SMILES string of the molecule is CC1CC(CN)CN1S(=O)(=O)C1CC1.Cl. The van der Waals surface area contributed by atoms with E-state index in [1.165, 1.54) is 0 Å². The molecule has 2 aliphatic rings. The van der Waals surface area contributed by atoms with E-state index < -0.39 is 10.0 Å². The molecule has 4 nitrogen and oxygen atoms in total. The van der Waals surface area contributed by atoms with Gasteiger partial charge in [-0.15, -0.1) is 12.4 Å². The smallest absolute Gasteiger partial charge is 0.217 e. The van der Waals surface area contributed by atoms with Gasteiger partial charge in [0.1, 0.15) is 0 Å². The molecule has 0 spiro atoms. The summed E-state index contributed by atoms with van der Waals surface area (Å²) in [4.78, 5) is 0. The number of rotatable bonds is 3. The number of nitrogens with two attached hydrogens (primary N) is 1. The lowest BCUT2D eigenvalue weighted by Gasteiger charge is -2.20. The summed E-state index contributed by atoms with van der Waals surface area (Å²) in [5.41, 5.74) is 5.57. The summed E-state index contributed by atoms with van der Waals surface area (Å²) in [6, 6.07) is 0.147. The molecule has 1 heterocycles. The van der Waals surface area contributed by atoms with Crippen molar-refractivity contribution in [2.24, 2.45) is 11.7 Å². The van der Waals surface area contributed by atoms with Gasteiger partial charge in [-0.05, 0) is 38.6 Å². The first-order chi connectivity index (χ1) is 6.55. The highest BCUT2D eigenvalue weighted by molar-refractivity contribution is 7.90. The molecule has 2 rings (SSSR count). The van der Waals surface area contributed by atoms with Gasteiger partial charge in [0, 0.05) is 12.6 Å². The van der Waals surface area contributed by atoms with Gasteiger partial charge in [-0.1, -0.05) is 0 Å². The average molecular weight is 255 g/mol. The van der Waals surface area contributed by atoms with Crippen LogP contribution >= 0.6 is 12.4 Å². The van der Waals surface area contributed by atoms with Gasteiger partial charge in [0.25, 0.3) is 0 Å². The van der Waals surface area contributed by atoms with Gasteiger partial charge in [0.05, 0.1) is 5.25 Å². The summed E-state index contributed by atoms with van der Waals surface area (Å²) in [6.07, 6.45) is 2.61. The van der Waals surface area contributed by atoms with E-state index >= 15 is 0 Å². The maximum absolute atomic E-state index is 12.0. The highest BCUT2D eigenvalue weighted by Crippen LogP contribution is 2.35. The van der Waals surface area contributed by atoms with E-state index in [0.717, 1.165) is 19.3 Å². The maximum atomic E-state index is 12.0. The minimum Gasteiger partial charge on any atom is -0.330 e. The van der Waals surface area contributed by atoms with Crippen LogP contribution in [0.1, 0.15) is 26.2 Å². The Morgan fingerprint density at radius 2 is 2.00 bits per heavy atom. The van der Waals surface area contributed by atoms with Gasteiger partial charge in [0.2, 0.25) is 10.0 Å². The van der Waals surface area contributed by atoms with E-state index in [0.29, 0.717) is 19.0 Å². The molecule has 2 N–H and O–H groups in total. The molecule has 15 heavy (non-hydrogen) atoms. The molecule has 1 aliphatic heterocycles. The van der Waals surface area contributed by atoms with E-state index in [1.54, 1.807) is 4.31 Å². The van der Waals surface area contributed by atoms with Gasteiger partial charge in [-0.2, -0.15) is 4.31 Å². The van der Waals surface area contributed by atoms with Gasteiger partial charge >= 0.3 is 0 Å². The zero-order valence-electron chi connectivity index (χ0n) is 8.93. The van der Waals surface area contributed by atoms with Crippen LogP contribution in [-0.4, -0.2) is 37.1 Å². The van der Waals surface area contributed by atoms with Crippen molar-refractivity contribution in [1.82, 2.24) is 4.31 Å². The van der Waals surface area contributed by atoms with Crippen LogP contribution in [0.2, 0.25) is 0 Å². The first-order valence-electron chi connectivity index (χ1n) is 5.26. The molecule has 6 heteroatoms. The molecule has 0 aromatic rings. The third-order valence-corrected chi connectivity index (χ3v) is 5.69. The average Bonchev–Trinajstić information content (AvgIpc) is 2.90. The summed E-state index contributed by atoms with van der Waals surface area (Å²) in [5.74, 6) is 0.360. The number of sulfonamides is 1. The Hall–Kier alpha value is 0.160. The van der Waals surface area contributed by atoms with E-state index in [4.69, 9.17) is 5.73 Å². The van der Waals surface area contributed by atoms with Crippen LogP contribution in [0.4, 0.5) is 0 Å². The van der Waals surface area contributed by atoms with Crippen LogP contribution in [0.5, 0.6) is 0 Å². The zero-order chi connectivity index (χ0) is 10.3. The van der Waals surface area contributed by atoms with Crippen molar-refractivity contribution in [3.05, 3.63) is 0 Å². The van der Waals surface area contributed by atoms with Crippen LogP contribution in [-0.2, 0) is 10.0 Å². The van der Waals surface area contributed by atoms with Gasteiger partial charge in [-0.25, -0.2) is 8.42 Å². The predicted molar refractivity (Wildman–Crippen MR) is 62.5 cm³/mol. The summed E-state index contributed by atoms with van der Waals surface area (Å²) in [5, 5.41) is -0.0820. The molecule has 2 fully saturated rings. The molecule has 0 aromatic heterocycles. The normalized spacial score (nSPS) is 32.7. The third-order valence-electron chi connectivity index (χ3n) is 3.21. The van der Waals surface area contributed by atoms with Crippen LogP contribution in [0.15, 0.2) is 0 Å². The van der Waals surface area contributed by atoms with Crippen molar-refractivity contribution < 1.29 is 8.42 Å². The molecule has 0 radical (unpaired) electrons. The van der Waals surface area contributed by atoms with Crippen molar-refractivity contribution in [3.63, 3.8) is 0 Å². The molecule has 1 saturated heterocycles. The second kappa shape index (κ2) is 4.57. The van der Waals surface area contributed by atoms with E-state index in [-0.39, 0.29) is 23.7 Å². The third kappa shape index (κ3) is 2.46. The number of nitrogens with zero attached hydrogens (tertiary/aromatic N) is 1. The number of hydrogen-bond donors (Lipinski definition) is 1. The molecule has 2 unspecified atom stereocenters.